The molecule has 2 aromatic carbocycles. The van der Waals surface area contributed by atoms with Crippen molar-refractivity contribution in [1.82, 2.24) is 10.2 Å². The van der Waals surface area contributed by atoms with Crippen LogP contribution in [0.2, 0.25) is 0 Å². The third-order valence-corrected chi connectivity index (χ3v) is 6.36. The number of thioether (sulfide) groups is 1. The summed E-state index contributed by atoms with van der Waals surface area (Å²) in [4.78, 5) is 18.2. The fraction of sp³-hybridized carbons (Fsp3) is 0.400. The highest BCUT2D eigenvalue weighted by molar-refractivity contribution is 8.14. The first-order chi connectivity index (χ1) is 13.0. The van der Waals surface area contributed by atoms with Crippen LogP contribution >= 0.6 is 11.8 Å². The Morgan fingerprint density at radius 1 is 1.22 bits per heavy atom. The molecule has 2 aliphatic heterocycles. The van der Waals surface area contributed by atoms with Crippen molar-refractivity contribution in [2.45, 2.75) is 37.8 Å². The predicted octanol–water partition coefficient (Wildman–Crippen LogP) is 1.35. The summed E-state index contributed by atoms with van der Waals surface area (Å²) in [5.74, 6) is 0.463. The molecule has 142 valence electrons. The van der Waals surface area contributed by atoms with E-state index in [0.29, 0.717) is 18.8 Å². The Morgan fingerprint density at radius 3 is 2.81 bits per heavy atom. The highest BCUT2D eigenvalue weighted by Crippen LogP contribution is 2.32. The number of aliphatic hydroxyl groups is 2. The van der Waals surface area contributed by atoms with Gasteiger partial charge in [0.05, 0.1) is 18.6 Å². The minimum Gasteiger partial charge on any atom is -0.388 e. The number of amides is 1. The highest BCUT2D eigenvalue weighted by atomic mass is 32.2. The van der Waals surface area contributed by atoms with Gasteiger partial charge in [-0.1, -0.05) is 54.2 Å². The van der Waals surface area contributed by atoms with E-state index >= 15 is 0 Å². The number of hydrogen-bond acceptors (Lipinski definition) is 5. The summed E-state index contributed by atoms with van der Waals surface area (Å²) in [6, 6.07) is 13.8. The molecule has 2 aromatic rings. The maximum Gasteiger partial charge on any atom is 0.217 e. The van der Waals surface area contributed by atoms with E-state index in [1.165, 1.54) is 17.7 Å². The highest BCUT2D eigenvalue weighted by Gasteiger charge is 2.46. The second-order valence-corrected chi connectivity index (χ2v) is 8.04. The van der Waals surface area contributed by atoms with Crippen LogP contribution in [0.15, 0.2) is 47.5 Å². The normalized spacial score (nSPS) is 29.1. The number of nitrogens with zero attached hydrogens (tertiary/aromatic N) is 2. The summed E-state index contributed by atoms with van der Waals surface area (Å²) < 4.78 is 0. The lowest BCUT2D eigenvalue weighted by Gasteiger charge is -2.42. The van der Waals surface area contributed by atoms with Gasteiger partial charge in [-0.3, -0.25) is 9.79 Å². The van der Waals surface area contributed by atoms with Gasteiger partial charge in [0.15, 0.2) is 5.17 Å². The topological polar surface area (TPSA) is 85.2 Å². The van der Waals surface area contributed by atoms with E-state index in [9.17, 15) is 15.0 Å². The molecule has 2 fully saturated rings. The van der Waals surface area contributed by atoms with Crippen LogP contribution in [0.5, 0.6) is 0 Å². The summed E-state index contributed by atoms with van der Waals surface area (Å²) in [6.07, 6.45) is -1.87. The SMILES string of the molecule is CC(=O)NC1CN2C(=NCc3cccc4ccccc34)SCC2C(O)C1O. The molecular formula is C20H23N3O3S. The minimum absolute atomic E-state index is 0.179. The Bertz CT molecular complexity index is 882. The molecule has 2 saturated heterocycles. The van der Waals surface area contributed by atoms with Gasteiger partial charge >= 0.3 is 0 Å². The van der Waals surface area contributed by atoms with Crippen molar-refractivity contribution in [2.75, 3.05) is 12.3 Å². The van der Waals surface area contributed by atoms with Gasteiger partial charge in [-0.25, -0.2) is 0 Å². The first-order valence-corrected chi connectivity index (χ1v) is 10.1. The molecular weight excluding hydrogens is 362 g/mol. The quantitative estimate of drug-likeness (QED) is 0.743. The fourth-order valence-electron chi connectivity index (χ4n) is 3.87. The number of carbonyl (C=O) groups excluding carboxylic acids is 1. The molecule has 4 rings (SSSR count). The predicted molar refractivity (Wildman–Crippen MR) is 108 cm³/mol. The molecule has 4 unspecified atom stereocenters. The molecule has 4 atom stereocenters. The molecule has 0 aromatic heterocycles. The van der Waals surface area contributed by atoms with Gasteiger partial charge in [-0.15, -0.1) is 0 Å². The van der Waals surface area contributed by atoms with Gasteiger partial charge in [0.25, 0.3) is 0 Å². The first kappa shape index (κ1) is 18.3. The lowest BCUT2D eigenvalue weighted by Crippen LogP contribution is -2.65. The average molecular weight is 385 g/mol. The van der Waals surface area contributed by atoms with Crippen LogP contribution < -0.4 is 5.32 Å². The second kappa shape index (κ2) is 7.50. The largest absolute Gasteiger partial charge is 0.388 e. The number of aliphatic imine (C=N–C) groups is 1. The third kappa shape index (κ3) is 3.54. The molecule has 2 aliphatic rings. The molecule has 27 heavy (non-hydrogen) atoms. The molecule has 1 amide bonds. The molecule has 0 saturated carbocycles. The van der Waals surface area contributed by atoms with E-state index in [1.54, 1.807) is 11.8 Å². The molecule has 3 N–H and O–H groups in total. The van der Waals surface area contributed by atoms with Crippen LogP contribution in [0, 0.1) is 0 Å². The van der Waals surface area contributed by atoms with Crippen LogP contribution in [0.25, 0.3) is 10.8 Å². The van der Waals surface area contributed by atoms with Crippen LogP contribution in [0.1, 0.15) is 12.5 Å². The van der Waals surface area contributed by atoms with Crippen LogP contribution in [0.3, 0.4) is 0 Å². The van der Waals surface area contributed by atoms with Gasteiger partial charge in [0.2, 0.25) is 5.91 Å². The number of rotatable bonds is 3. The van der Waals surface area contributed by atoms with Crippen molar-refractivity contribution in [2.24, 2.45) is 4.99 Å². The number of fused-ring (bicyclic) bond motifs is 2. The third-order valence-electron chi connectivity index (χ3n) is 5.23. The zero-order valence-electron chi connectivity index (χ0n) is 15.1. The summed E-state index contributed by atoms with van der Waals surface area (Å²) in [5, 5.41) is 26.7. The zero-order valence-corrected chi connectivity index (χ0v) is 15.9. The Labute approximate surface area is 162 Å². The monoisotopic (exact) mass is 385 g/mol. The van der Waals surface area contributed by atoms with Crippen LogP contribution in [-0.4, -0.2) is 62.8 Å². The van der Waals surface area contributed by atoms with E-state index in [2.05, 4.69) is 29.6 Å². The van der Waals surface area contributed by atoms with Gasteiger partial charge in [-0.05, 0) is 16.3 Å². The molecule has 2 heterocycles. The lowest BCUT2D eigenvalue weighted by atomic mass is 9.93. The van der Waals surface area contributed by atoms with Crippen LogP contribution in [0.4, 0.5) is 0 Å². The molecule has 0 radical (unpaired) electrons. The second-order valence-electron chi connectivity index (χ2n) is 7.06. The molecule has 0 bridgehead atoms. The molecule has 0 spiro atoms. The summed E-state index contributed by atoms with van der Waals surface area (Å²) >= 11 is 1.59. The first-order valence-electron chi connectivity index (χ1n) is 9.08. The van der Waals surface area contributed by atoms with Crippen molar-refractivity contribution in [1.29, 1.82) is 0 Å². The number of amidine groups is 1. The van der Waals surface area contributed by atoms with Crippen molar-refractivity contribution >= 4 is 33.6 Å². The number of nitrogens with one attached hydrogen (secondary N) is 1. The van der Waals surface area contributed by atoms with Gasteiger partial charge in [-0.2, -0.15) is 0 Å². The number of carbonyl (C=O) groups is 1. The Morgan fingerprint density at radius 2 is 2.00 bits per heavy atom. The van der Waals surface area contributed by atoms with Crippen molar-refractivity contribution in [3.8, 4) is 0 Å². The number of benzene rings is 2. The van der Waals surface area contributed by atoms with Gasteiger partial charge < -0.3 is 20.4 Å². The number of aliphatic hydroxyl groups excluding tert-OH is 2. The van der Waals surface area contributed by atoms with E-state index in [0.717, 1.165) is 10.7 Å². The standard InChI is InChI=1S/C20H23N3O3S/c1-12(24)22-16-10-23-17(19(26)18(16)25)11-27-20(23)21-9-14-7-4-6-13-5-2-3-8-15(13)14/h2-8,16-19,25-26H,9-11H2,1H3,(H,22,24). The van der Waals surface area contributed by atoms with Crippen molar-refractivity contribution in [3.63, 3.8) is 0 Å². The zero-order chi connectivity index (χ0) is 19.0. The van der Waals surface area contributed by atoms with Gasteiger partial charge in [0, 0.05) is 19.2 Å². The van der Waals surface area contributed by atoms with Crippen molar-refractivity contribution in [3.05, 3.63) is 48.0 Å². The number of hydrogen-bond donors (Lipinski definition) is 3. The van der Waals surface area contributed by atoms with Gasteiger partial charge in [0.1, 0.15) is 12.2 Å². The Kier molecular flexibility index (Phi) is 5.08. The Balaban J connectivity index is 1.56. The van der Waals surface area contributed by atoms with E-state index in [1.807, 2.05) is 23.1 Å². The molecule has 7 heteroatoms. The van der Waals surface area contributed by atoms with E-state index < -0.39 is 18.2 Å². The smallest absolute Gasteiger partial charge is 0.217 e. The summed E-state index contributed by atoms with van der Waals surface area (Å²) in [5.41, 5.74) is 1.15. The molecule has 0 aliphatic carbocycles. The lowest BCUT2D eigenvalue weighted by molar-refractivity contribution is -0.123. The van der Waals surface area contributed by atoms with E-state index in [4.69, 9.17) is 4.99 Å². The van der Waals surface area contributed by atoms with E-state index in [-0.39, 0.29) is 11.9 Å². The number of piperidine rings is 1. The maximum absolute atomic E-state index is 11.4. The average Bonchev–Trinajstić information content (AvgIpc) is 3.06. The summed E-state index contributed by atoms with van der Waals surface area (Å²) in [6.45, 7) is 2.42. The Hall–Kier alpha value is -2.09. The van der Waals surface area contributed by atoms with Crippen LogP contribution in [-0.2, 0) is 11.3 Å². The molecule has 6 nitrogen and oxygen atoms in total. The fourth-order valence-corrected chi connectivity index (χ4v) is 5.10. The maximum atomic E-state index is 11.4. The van der Waals surface area contributed by atoms with Crippen molar-refractivity contribution < 1.29 is 15.0 Å². The minimum atomic E-state index is -0.965. The summed E-state index contributed by atoms with van der Waals surface area (Å²) in [7, 11) is 0.